The number of benzene rings is 1. The van der Waals surface area contributed by atoms with Gasteiger partial charge in [0.05, 0.1) is 11.6 Å². The number of ether oxygens (including phenoxy) is 1. The molecule has 0 bridgehead atoms. The highest BCUT2D eigenvalue weighted by Crippen LogP contribution is 2.27. The summed E-state index contributed by atoms with van der Waals surface area (Å²) in [5.74, 6) is 0.909. The maximum Gasteiger partial charge on any atom is 0.226 e. The molecule has 0 saturated heterocycles. The first-order chi connectivity index (χ1) is 11.5. The number of rotatable bonds is 6. The number of carbonyl (C=O) groups excluding carboxylic acids is 1. The highest BCUT2D eigenvalue weighted by molar-refractivity contribution is 7.80. The Labute approximate surface area is 155 Å². The number of halogens is 2. The fourth-order valence-electron chi connectivity index (χ4n) is 1.78. The lowest BCUT2D eigenvalue weighted by Crippen LogP contribution is -2.34. The number of amides is 1. The van der Waals surface area contributed by atoms with E-state index in [1.54, 1.807) is 36.5 Å². The average Bonchev–Trinajstić information content (AvgIpc) is 2.54. The van der Waals surface area contributed by atoms with E-state index in [1.807, 2.05) is 6.07 Å². The van der Waals surface area contributed by atoms with Crippen LogP contribution in [0.2, 0.25) is 10.0 Å². The topological polar surface area (TPSA) is 63.2 Å². The molecule has 0 fully saturated rings. The minimum atomic E-state index is -0.200. The highest BCUT2D eigenvalue weighted by Gasteiger charge is 2.06. The van der Waals surface area contributed by atoms with Crippen molar-refractivity contribution in [3.05, 3.63) is 52.6 Å². The molecular formula is C16H15Cl2N3O2S. The van der Waals surface area contributed by atoms with E-state index in [0.717, 1.165) is 0 Å². The van der Waals surface area contributed by atoms with Gasteiger partial charge in [0.1, 0.15) is 11.6 Å². The van der Waals surface area contributed by atoms with Gasteiger partial charge < -0.3 is 15.4 Å². The fraction of sp³-hybridized carbons (Fsp3) is 0.188. The Morgan fingerprint density at radius 2 is 2.08 bits per heavy atom. The van der Waals surface area contributed by atoms with Crippen LogP contribution in [-0.4, -0.2) is 22.6 Å². The van der Waals surface area contributed by atoms with E-state index in [1.165, 1.54) is 0 Å². The van der Waals surface area contributed by atoms with Crippen LogP contribution in [0.3, 0.4) is 0 Å². The number of nitrogens with one attached hydrogen (secondary N) is 2. The number of nitrogens with zero attached hydrogens (tertiary/aromatic N) is 1. The monoisotopic (exact) mass is 383 g/mol. The van der Waals surface area contributed by atoms with Crippen LogP contribution in [0.1, 0.15) is 12.8 Å². The Morgan fingerprint density at radius 1 is 1.25 bits per heavy atom. The number of hydrogen-bond acceptors (Lipinski definition) is 4. The van der Waals surface area contributed by atoms with Crippen LogP contribution in [0.25, 0.3) is 0 Å². The zero-order valence-corrected chi connectivity index (χ0v) is 14.9. The second kappa shape index (κ2) is 9.42. The van der Waals surface area contributed by atoms with E-state index < -0.39 is 0 Å². The molecule has 2 rings (SSSR count). The van der Waals surface area contributed by atoms with Gasteiger partial charge in [-0.25, -0.2) is 4.98 Å². The van der Waals surface area contributed by atoms with Gasteiger partial charge in [0.2, 0.25) is 5.91 Å². The Morgan fingerprint density at radius 3 is 2.79 bits per heavy atom. The van der Waals surface area contributed by atoms with Gasteiger partial charge in [-0.3, -0.25) is 4.79 Å². The minimum absolute atomic E-state index is 0.200. The molecule has 5 nitrogen and oxygen atoms in total. The van der Waals surface area contributed by atoms with Crippen molar-refractivity contribution in [3.8, 4) is 5.75 Å². The molecule has 8 heteroatoms. The third-order valence-electron chi connectivity index (χ3n) is 2.86. The van der Waals surface area contributed by atoms with E-state index >= 15 is 0 Å². The molecular weight excluding hydrogens is 369 g/mol. The zero-order valence-electron chi connectivity index (χ0n) is 12.6. The Kier molecular flexibility index (Phi) is 7.24. The first kappa shape index (κ1) is 18.4. The van der Waals surface area contributed by atoms with Crippen molar-refractivity contribution in [1.29, 1.82) is 0 Å². The van der Waals surface area contributed by atoms with Crippen molar-refractivity contribution in [2.45, 2.75) is 12.8 Å². The van der Waals surface area contributed by atoms with E-state index in [9.17, 15) is 4.79 Å². The molecule has 1 heterocycles. The van der Waals surface area contributed by atoms with E-state index in [2.05, 4.69) is 15.6 Å². The molecule has 1 aromatic heterocycles. The zero-order chi connectivity index (χ0) is 17.4. The lowest BCUT2D eigenvalue weighted by atomic mass is 10.3. The maximum absolute atomic E-state index is 11.8. The van der Waals surface area contributed by atoms with Gasteiger partial charge in [0, 0.05) is 17.6 Å². The predicted octanol–water partition coefficient (Wildman–Crippen LogP) is 4.06. The van der Waals surface area contributed by atoms with Crippen LogP contribution in [0, 0.1) is 0 Å². The first-order valence-corrected chi connectivity index (χ1v) is 8.31. The van der Waals surface area contributed by atoms with Crippen LogP contribution < -0.4 is 15.4 Å². The van der Waals surface area contributed by atoms with Crippen molar-refractivity contribution in [2.24, 2.45) is 0 Å². The summed E-state index contributed by atoms with van der Waals surface area (Å²) in [7, 11) is 0. The van der Waals surface area contributed by atoms with Gasteiger partial charge in [-0.05, 0) is 49.0 Å². The molecule has 2 N–H and O–H groups in total. The quantitative estimate of drug-likeness (QED) is 0.581. The molecule has 0 aliphatic carbocycles. The van der Waals surface area contributed by atoms with Gasteiger partial charge in [0.15, 0.2) is 5.11 Å². The lowest BCUT2D eigenvalue weighted by Gasteiger charge is -2.10. The van der Waals surface area contributed by atoms with Crippen LogP contribution in [0.4, 0.5) is 5.82 Å². The molecule has 0 spiro atoms. The summed E-state index contributed by atoms with van der Waals surface area (Å²) < 4.78 is 5.51. The number of thiocarbonyl (C=S) groups is 1. The van der Waals surface area contributed by atoms with Crippen molar-refractivity contribution in [1.82, 2.24) is 10.3 Å². The normalized spacial score (nSPS) is 10.1. The number of hydrogen-bond donors (Lipinski definition) is 2. The van der Waals surface area contributed by atoms with Crippen LogP contribution >= 0.6 is 35.4 Å². The molecule has 1 aromatic carbocycles. The summed E-state index contributed by atoms with van der Waals surface area (Å²) in [6, 6.07) is 10.3. The SMILES string of the molecule is O=C(CCCOc1ccc(Cl)cc1Cl)NC(=S)Nc1ccccn1. The third kappa shape index (κ3) is 6.31. The van der Waals surface area contributed by atoms with Gasteiger partial charge in [-0.1, -0.05) is 29.3 Å². The number of aromatic nitrogens is 1. The third-order valence-corrected chi connectivity index (χ3v) is 3.59. The molecule has 24 heavy (non-hydrogen) atoms. The average molecular weight is 384 g/mol. The summed E-state index contributed by atoms with van der Waals surface area (Å²) in [4.78, 5) is 15.9. The lowest BCUT2D eigenvalue weighted by molar-refractivity contribution is -0.119. The molecule has 126 valence electrons. The Bertz CT molecular complexity index is 714. The van der Waals surface area contributed by atoms with Crippen LogP contribution in [0.5, 0.6) is 5.75 Å². The van der Waals surface area contributed by atoms with Gasteiger partial charge in [-0.2, -0.15) is 0 Å². The molecule has 0 radical (unpaired) electrons. The maximum atomic E-state index is 11.8. The minimum Gasteiger partial charge on any atom is -0.492 e. The summed E-state index contributed by atoms with van der Waals surface area (Å²) in [5.41, 5.74) is 0. The molecule has 2 aromatic rings. The molecule has 0 unspecified atom stereocenters. The molecule has 0 aliphatic heterocycles. The summed E-state index contributed by atoms with van der Waals surface area (Å²) in [5, 5.41) is 6.61. The second-order valence-corrected chi connectivity index (χ2v) is 6.00. The number of anilines is 1. The van der Waals surface area contributed by atoms with Crippen LogP contribution in [0.15, 0.2) is 42.6 Å². The highest BCUT2D eigenvalue weighted by atomic mass is 35.5. The van der Waals surface area contributed by atoms with Gasteiger partial charge >= 0.3 is 0 Å². The largest absolute Gasteiger partial charge is 0.492 e. The first-order valence-electron chi connectivity index (χ1n) is 7.14. The van der Waals surface area contributed by atoms with Crippen molar-refractivity contribution in [2.75, 3.05) is 11.9 Å². The summed E-state index contributed by atoms with van der Waals surface area (Å²) >= 11 is 16.9. The predicted molar refractivity (Wildman–Crippen MR) is 99.8 cm³/mol. The number of pyridine rings is 1. The molecule has 0 atom stereocenters. The molecule has 0 aliphatic rings. The second-order valence-electron chi connectivity index (χ2n) is 4.74. The summed E-state index contributed by atoms with van der Waals surface area (Å²) in [6.07, 6.45) is 2.43. The van der Waals surface area contributed by atoms with E-state index in [4.69, 9.17) is 40.2 Å². The Hall–Kier alpha value is -1.89. The van der Waals surface area contributed by atoms with Crippen molar-refractivity contribution >= 4 is 52.3 Å². The van der Waals surface area contributed by atoms with Gasteiger partial charge in [-0.15, -0.1) is 0 Å². The summed E-state index contributed by atoms with van der Waals surface area (Å²) in [6.45, 7) is 0.356. The molecule has 1 amide bonds. The van der Waals surface area contributed by atoms with E-state index in [-0.39, 0.29) is 17.4 Å². The van der Waals surface area contributed by atoms with Crippen molar-refractivity contribution in [3.63, 3.8) is 0 Å². The fourth-order valence-corrected chi connectivity index (χ4v) is 2.46. The molecule has 0 saturated carbocycles. The smallest absolute Gasteiger partial charge is 0.226 e. The van der Waals surface area contributed by atoms with Crippen molar-refractivity contribution < 1.29 is 9.53 Å². The standard InChI is InChI=1S/C16H15Cl2N3O2S/c17-11-6-7-13(12(18)10-11)23-9-3-5-15(22)21-16(24)20-14-4-1-2-8-19-14/h1-2,4,6-8,10H,3,5,9H2,(H2,19,20,21,22,24). The van der Waals surface area contributed by atoms with Gasteiger partial charge in [0.25, 0.3) is 0 Å². The van der Waals surface area contributed by atoms with Crippen LogP contribution in [-0.2, 0) is 4.79 Å². The Balaban J connectivity index is 1.67. The number of carbonyl (C=O) groups is 1. The van der Waals surface area contributed by atoms with E-state index in [0.29, 0.717) is 34.6 Å².